The van der Waals surface area contributed by atoms with E-state index in [2.05, 4.69) is 27.4 Å². The average molecular weight is 344 g/mol. The van der Waals surface area contributed by atoms with Crippen LogP contribution in [0.2, 0.25) is 0 Å². The van der Waals surface area contributed by atoms with Crippen molar-refractivity contribution in [3.63, 3.8) is 0 Å². The second kappa shape index (κ2) is 5.68. The minimum atomic E-state index is 0.613. The predicted molar refractivity (Wildman–Crippen MR) is 99.2 cm³/mol. The van der Waals surface area contributed by atoms with Gasteiger partial charge in [-0.1, -0.05) is 65.9 Å². The molecule has 0 amide bonds. The summed E-state index contributed by atoms with van der Waals surface area (Å²) in [5.74, 6) is 1.28. The molecule has 25 heavy (non-hydrogen) atoms. The Balaban J connectivity index is 1.54. The summed E-state index contributed by atoms with van der Waals surface area (Å²) >= 11 is 1.49. The Morgan fingerprint density at radius 2 is 1.76 bits per heavy atom. The molecule has 0 aliphatic rings. The van der Waals surface area contributed by atoms with Crippen molar-refractivity contribution in [2.45, 2.75) is 0 Å². The molecular weight excluding hydrogens is 332 g/mol. The van der Waals surface area contributed by atoms with Crippen LogP contribution in [0.25, 0.3) is 39.7 Å². The van der Waals surface area contributed by atoms with Crippen LogP contribution >= 0.6 is 11.3 Å². The molecule has 3 aromatic heterocycles. The van der Waals surface area contributed by atoms with Crippen molar-refractivity contribution in [2.75, 3.05) is 0 Å². The average Bonchev–Trinajstić information content (AvgIpc) is 3.33. The minimum Gasteiger partial charge on any atom is -0.453 e. The van der Waals surface area contributed by atoms with Gasteiger partial charge in [0.1, 0.15) is 10.6 Å². The molecule has 0 aliphatic carbocycles. The number of nitrogens with zero attached hydrogens (tertiary/aromatic N) is 4. The first-order valence-electron chi connectivity index (χ1n) is 7.81. The van der Waals surface area contributed by atoms with Crippen LogP contribution < -0.4 is 0 Å². The second-order valence-corrected chi connectivity index (χ2v) is 6.54. The van der Waals surface area contributed by atoms with Gasteiger partial charge in [-0.25, -0.2) is 0 Å². The topological polar surface area (TPSA) is 56.2 Å². The van der Waals surface area contributed by atoms with Crippen LogP contribution in [-0.4, -0.2) is 19.8 Å². The van der Waals surface area contributed by atoms with Gasteiger partial charge < -0.3 is 4.42 Å². The van der Waals surface area contributed by atoms with Crippen LogP contribution in [0.15, 0.2) is 65.1 Å². The zero-order valence-electron chi connectivity index (χ0n) is 13.0. The number of aromatic nitrogens is 4. The summed E-state index contributed by atoms with van der Waals surface area (Å²) in [7, 11) is 0. The van der Waals surface area contributed by atoms with Gasteiger partial charge >= 0.3 is 0 Å². The summed E-state index contributed by atoms with van der Waals surface area (Å²) in [4.78, 5) is 0.739. The van der Waals surface area contributed by atoms with E-state index in [0.717, 1.165) is 26.5 Å². The maximum atomic E-state index is 5.88. The fourth-order valence-electron chi connectivity index (χ4n) is 2.68. The van der Waals surface area contributed by atoms with E-state index in [-0.39, 0.29) is 0 Å². The molecule has 5 rings (SSSR count). The van der Waals surface area contributed by atoms with Gasteiger partial charge in [-0.2, -0.15) is 9.61 Å². The van der Waals surface area contributed by atoms with Crippen molar-refractivity contribution in [3.8, 4) is 11.6 Å². The van der Waals surface area contributed by atoms with Crippen molar-refractivity contribution in [1.82, 2.24) is 19.8 Å². The van der Waals surface area contributed by atoms with Gasteiger partial charge in [0.05, 0.1) is 0 Å². The molecule has 0 spiro atoms. The molecule has 0 saturated carbocycles. The highest BCUT2D eigenvalue weighted by atomic mass is 32.1. The number of para-hydroxylation sites is 1. The molecular formula is C19H12N4OS. The first-order valence-corrected chi connectivity index (χ1v) is 8.63. The maximum Gasteiger partial charge on any atom is 0.235 e. The van der Waals surface area contributed by atoms with Crippen LogP contribution in [0, 0.1) is 0 Å². The number of furan rings is 1. The second-order valence-electron chi connectivity index (χ2n) is 5.55. The number of rotatable bonds is 3. The highest BCUT2D eigenvalue weighted by Gasteiger charge is 2.16. The van der Waals surface area contributed by atoms with Crippen LogP contribution in [0.4, 0.5) is 0 Å². The fourth-order valence-corrected chi connectivity index (χ4v) is 3.42. The molecule has 0 bridgehead atoms. The maximum absolute atomic E-state index is 5.88. The number of hydrogen-bond acceptors (Lipinski definition) is 5. The number of hydrogen-bond donors (Lipinski definition) is 0. The van der Waals surface area contributed by atoms with E-state index in [9.17, 15) is 0 Å². The molecule has 0 atom stereocenters. The van der Waals surface area contributed by atoms with Gasteiger partial charge in [0.2, 0.25) is 10.8 Å². The van der Waals surface area contributed by atoms with Crippen LogP contribution in [0.3, 0.4) is 0 Å². The number of fused-ring (bicyclic) bond motifs is 2. The van der Waals surface area contributed by atoms with Crippen molar-refractivity contribution in [1.29, 1.82) is 0 Å². The van der Waals surface area contributed by atoms with Gasteiger partial charge in [-0.05, 0) is 23.8 Å². The highest BCUT2D eigenvalue weighted by molar-refractivity contribution is 7.17. The van der Waals surface area contributed by atoms with Crippen molar-refractivity contribution in [3.05, 3.63) is 71.2 Å². The normalized spacial score (nSPS) is 11.8. The van der Waals surface area contributed by atoms with Gasteiger partial charge in [0.25, 0.3) is 0 Å². The van der Waals surface area contributed by atoms with Crippen LogP contribution in [0.5, 0.6) is 0 Å². The van der Waals surface area contributed by atoms with E-state index in [1.165, 1.54) is 11.3 Å². The standard InChI is InChI=1S/C19H12N4OS/c1-2-6-13(7-3-1)10-11-17-22-23-18(20-21-19(23)25-17)16-12-14-8-4-5-9-15(14)24-16/h1-12H/b11-10-. The molecule has 5 nitrogen and oxygen atoms in total. The molecule has 0 unspecified atom stereocenters. The van der Waals surface area contributed by atoms with Gasteiger partial charge in [-0.15, -0.1) is 10.2 Å². The number of benzene rings is 2. The van der Waals surface area contributed by atoms with E-state index in [1.807, 2.05) is 60.7 Å². The molecule has 120 valence electrons. The quantitative estimate of drug-likeness (QED) is 0.473. The third kappa shape index (κ3) is 2.53. The summed E-state index contributed by atoms with van der Waals surface area (Å²) in [5.41, 5.74) is 1.96. The third-order valence-electron chi connectivity index (χ3n) is 3.87. The summed E-state index contributed by atoms with van der Waals surface area (Å²) in [5, 5.41) is 14.9. The predicted octanol–water partition coefficient (Wildman–Crippen LogP) is 4.77. The van der Waals surface area contributed by atoms with Gasteiger partial charge in [0.15, 0.2) is 5.76 Å². The molecule has 2 aromatic carbocycles. The molecule has 0 aliphatic heterocycles. The zero-order valence-corrected chi connectivity index (χ0v) is 13.9. The molecule has 0 radical (unpaired) electrons. The lowest BCUT2D eigenvalue weighted by atomic mass is 10.2. The zero-order chi connectivity index (χ0) is 16.6. The Morgan fingerprint density at radius 1 is 0.920 bits per heavy atom. The highest BCUT2D eigenvalue weighted by Crippen LogP contribution is 2.28. The molecule has 5 aromatic rings. The fraction of sp³-hybridized carbons (Fsp3) is 0. The lowest BCUT2D eigenvalue weighted by molar-refractivity contribution is 0.622. The van der Waals surface area contributed by atoms with E-state index in [4.69, 9.17) is 4.42 Å². The lowest BCUT2D eigenvalue weighted by Crippen LogP contribution is -1.89. The Bertz CT molecular complexity index is 1170. The smallest absolute Gasteiger partial charge is 0.235 e. The molecule has 0 saturated heterocycles. The van der Waals surface area contributed by atoms with Gasteiger partial charge in [-0.3, -0.25) is 0 Å². The van der Waals surface area contributed by atoms with Gasteiger partial charge in [0, 0.05) is 5.39 Å². The van der Waals surface area contributed by atoms with E-state index in [0.29, 0.717) is 11.6 Å². The van der Waals surface area contributed by atoms with Crippen LogP contribution in [-0.2, 0) is 0 Å². The molecule has 3 heterocycles. The van der Waals surface area contributed by atoms with Crippen molar-refractivity contribution >= 4 is 39.4 Å². The third-order valence-corrected chi connectivity index (χ3v) is 4.73. The SMILES string of the molecule is C(=C/c1nn2c(-c3cc4ccccc4o3)nnc2s1)/c1ccccc1. The van der Waals surface area contributed by atoms with E-state index >= 15 is 0 Å². The summed E-state index contributed by atoms with van der Waals surface area (Å²) < 4.78 is 7.61. The van der Waals surface area contributed by atoms with E-state index in [1.54, 1.807) is 4.52 Å². The Labute approximate surface area is 146 Å². The summed E-state index contributed by atoms with van der Waals surface area (Å²) in [6, 6.07) is 20.0. The lowest BCUT2D eigenvalue weighted by Gasteiger charge is -1.90. The Hall–Kier alpha value is -3.25. The molecule has 6 heteroatoms. The first kappa shape index (κ1) is 14.1. The van der Waals surface area contributed by atoms with E-state index < -0.39 is 0 Å². The van der Waals surface area contributed by atoms with Crippen LogP contribution in [0.1, 0.15) is 10.6 Å². The Morgan fingerprint density at radius 3 is 2.64 bits per heavy atom. The largest absolute Gasteiger partial charge is 0.453 e. The molecule has 0 N–H and O–H groups in total. The Kier molecular flexibility index (Phi) is 3.21. The minimum absolute atomic E-state index is 0.613. The first-order chi connectivity index (χ1) is 12.4. The summed E-state index contributed by atoms with van der Waals surface area (Å²) in [6.07, 6.45) is 4.02. The molecule has 0 fully saturated rings. The summed E-state index contributed by atoms with van der Waals surface area (Å²) in [6.45, 7) is 0. The van der Waals surface area contributed by atoms with Crippen molar-refractivity contribution in [2.24, 2.45) is 0 Å². The monoisotopic (exact) mass is 344 g/mol. The van der Waals surface area contributed by atoms with Crippen molar-refractivity contribution < 1.29 is 4.42 Å².